The molecule has 2 N–H and O–H groups in total. The first-order valence-corrected chi connectivity index (χ1v) is 9.91. The van der Waals surface area contributed by atoms with Crippen LogP contribution in [0, 0.1) is 11.7 Å². The molecule has 4 nitrogen and oxygen atoms in total. The van der Waals surface area contributed by atoms with Gasteiger partial charge in [0.25, 0.3) is 0 Å². The summed E-state index contributed by atoms with van der Waals surface area (Å²) in [6.45, 7) is 3.95. The van der Waals surface area contributed by atoms with Crippen LogP contribution in [0.2, 0.25) is 0 Å². The van der Waals surface area contributed by atoms with Crippen molar-refractivity contribution < 1.29 is 4.39 Å². The number of benzene rings is 1. The van der Waals surface area contributed by atoms with Gasteiger partial charge in [-0.1, -0.05) is 6.07 Å². The second-order valence-electron chi connectivity index (χ2n) is 6.40. The van der Waals surface area contributed by atoms with E-state index in [4.69, 9.17) is 0 Å². The third kappa shape index (κ3) is 5.98. The lowest BCUT2D eigenvalue weighted by atomic mass is 9.97. The Labute approximate surface area is 149 Å². The Morgan fingerprint density at radius 2 is 2.04 bits per heavy atom. The van der Waals surface area contributed by atoms with Gasteiger partial charge < -0.3 is 15.5 Å². The Balaban J connectivity index is 1.83. The topological polar surface area (TPSA) is 39.7 Å². The third-order valence-electron chi connectivity index (χ3n) is 4.53. The van der Waals surface area contributed by atoms with Crippen LogP contribution in [0.4, 0.5) is 4.39 Å². The normalized spacial score (nSPS) is 17.1. The van der Waals surface area contributed by atoms with Crippen molar-refractivity contribution >= 4 is 17.7 Å². The zero-order valence-corrected chi connectivity index (χ0v) is 15.8. The van der Waals surface area contributed by atoms with Crippen LogP contribution in [0.25, 0.3) is 0 Å². The van der Waals surface area contributed by atoms with E-state index in [2.05, 4.69) is 27.6 Å². The molecule has 0 saturated carbocycles. The summed E-state index contributed by atoms with van der Waals surface area (Å²) in [5, 5.41) is 6.78. The first-order valence-electron chi connectivity index (χ1n) is 8.51. The van der Waals surface area contributed by atoms with Crippen LogP contribution in [-0.2, 0) is 12.3 Å². The predicted octanol–water partition coefficient (Wildman–Crippen LogP) is 2.70. The molecule has 1 aromatic rings. The minimum atomic E-state index is -0.174. The molecule has 0 unspecified atom stereocenters. The van der Waals surface area contributed by atoms with Gasteiger partial charge in [0.15, 0.2) is 5.96 Å². The van der Waals surface area contributed by atoms with E-state index < -0.39 is 0 Å². The summed E-state index contributed by atoms with van der Waals surface area (Å²) < 4.78 is 13.4. The largest absolute Gasteiger partial charge is 0.356 e. The highest BCUT2D eigenvalue weighted by Gasteiger charge is 2.16. The summed E-state index contributed by atoms with van der Waals surface area (Å²) in [6, 6.07) is 5.01. The van der Waals surface area contributed by atoms with Gasteiger partial charge >= 0.3 is 0 Å². The highest BCUT2D eigenvalue weighted by atomic mass is 32.2. The first kappa shape index (κ1) is 19.1. The van der Waals surface area contributed by atoms with Crippen molar-refractivity contribution in [2.24, 2.45) is 10.9 Å². The maximum atomic E-state index is 13.4. The van der Waals surface area contributed by atoms with Crippen molar-refractivity contribution in [1.82, 2.24) is 15.5 Å². The van der Waals surface area contributed by atoms with E-state index in [0.29, 0.717) is 12.5 Å². The molecule has 24 heavy (non-hydrogen) atoms. The Morgan fingerprint density at radius 1 is 1.29 bits per heavy atom. The molecular formula is C18H29FN4S. The highest BCUT2D eigenvalue weighted by Crippen LogP contribution is 2.17. The molecule has 134 valence electrons. The van der Waals surface area contributed by atoms with Crippen LogP contribution in [0.5, 0.6) is 0 Å². The molecule has 0 radical (unpaired) electrons. The molecular weight excluding hydrogens is 323 g/mol. The van der Waals surface area contributed by atoms with Gasteiger partial charge in [0, 0.05) is 25.9 Å². The Morgan fingerprint density at radius 3 is 2.71 bits per heavy atom. The van der Waals surface area contributed by atoms with E-state index in [0.717, 1.165) is 29.4 Å². The fraction of sp³-hybridized carbons (Fsp3) is 0.611. The van der Waals surface area contributed by atoms with Crippen LogP contribution in [0.1, 0.15) is 24.0 Å². The number of nitrogens with one attached hydrogen (secondary N) is 2. The second-order valence-corrected chi connectivity index (χ2v) is 7.27. The molecule has 1 aliphatic heterocycles. The number of rotatable bonds is 6. The maximum Gasteiger partial charge on any atom is 0.191 e. The number of guanidine groups is 1. The van der Waals surface area contributed by atoms with E-state index >= 15 is 0 Å². The quantitative estimate of drug-likeness (QED) is 0.610. The first-order chi connectivity index (χ1) is 11.6. The molecule has 0 aromatic heterocycles. The van der Waals surface area contributed by atoms with Crippen molar-refractivity contribution in [3.63, 3.8) is 0 Å². The van der Waals surface area contributed by atoms with Gasteiger partial charge in [-0.3, -0.25) is 4.99 Å². The van der Waals surface area contributed by atoms with Crippen LogP contribution in [-0.4, -0.2) is 50.8 Å². The molecule has 0 spiro atoms. The molecule has 0 aliphatic carbocycles. The average Bonchev–Trinajstić information content (AvgIpc) is 2.58. The SMILES string of the molecule is CN=C(NCc1ccc(F)cc1CSC)NCC1CCN(C)CC1. The lowest BCUT2D eigenvalue weighted by molar-refractivity contribution is 0.220. The highest BCUT2D eigenvalue weighted by molar-refractivity contribution is 7.97. The van der Waals surface area contributed by atoms with Gasteiger partial charge in [0.1, 0.15) is 5.82 Å². The molecule has 2 rings (SSSR count). The summed E-state index contributed by atoms with van der Waals surface area (Å²) in [5.41, 5.74) is 2.16. The molecule has 0 amide bonds. The lowest BCUT2D eigenvalue weighted by Gasteiger charge is -2.29. The number of hydrogen-bond acceptors (Lipinski definition) is 3. The number of piperidine rings is 1. The van der Waals surface area contributed by atoms with Crippen LogP contribution >= 0.6 is 11.8 Å². The number of halogens is 1. The van der Waals surface area contributed by atoms with Crippen LogP contribution in [0.15, 0.2) is 23.2 Å². The van der Waals surface area contributed by atoms with Crippen molar-refractivity contribution in [3.8, 4) is 0 Å². The van der Waals surface area contributed by atoms with E-state index in [1.807, 2.05) is 12.3 Å². The van der Waals surface area contributed by atoms with Gasteiger partial charge in [-0.25, -0.2) is 4.39 Å². The van der Waals surface area contributed by atoms with Crippen molar-refractivity contribution in [3.05, 3.63) is 35.1 Å². The van der Waals surface area contributed by atoms with E-state index in [1.54, 1.807) is 24.9 Å². The monoisotopic (exact) mass is 352 g/mol. The zero-order valence-electron chi connectivity index (χ0n) is 14.9. The fourth-order valence-electron chi connectivity index (χ4n) is 2.96. The fourth-order valence-corrected chi connectivity index (χ4v) is 3.54. The number of thioether (sulfide) groups is 1. The van der Waals surface area contributed by atoms with Gasteiger partial charge in [0.05, 0.1) is 0 Å². The summed E-state index contributed by atoms with van der Waals surface area (Å²) >= 11 is 1.70. The number of hydrogen-bond donors (Lipinski definition) is 2. The maximum absolute atomic E-state index is 13.4. The Hall–Kier alpha value is -1.27. The van der Waals surface area contributed by atoms with E-state index in [1.165, 1.54) is 32.0 Å². The summed E-state index contributed by atoms with van der Waals surface area (Å²) in [7, 11) is 3.97. The standard InChI is InChI=1S/C18H29FN4S/c1-20-18(21-11-14-6-8-23(2)9-7-14)22-12-15-4-5-17(19)10-16(15)13-24-3/h4-5,10,14H,6-9,11-13H2,1-3H3,(H2,20,21,22). The Bertz CT molecular complexity index is 542. The molecule has 0 atom stereocenters. The minimum absolute atomic E-state index is 0.174. The summed E-state index contributed by atoms with van der Waals surface area (Å²) in [5.74, 6) is 2.16. The zero-order chi connectivity index (χ0) is 17.4. The number of nitrogens with zero attached hydrogens (tertiary/aromatic N) is 2. The van der Waals surface area contributed by atoms with Gasteiger partial charge in [-0.2, -0.15) is 11.8 Å². The molecule has 0 bridgehead atoms. The van der Waals surface area contributed by atoms with E-state index in [9.17, 15) is 4.39 Å². The van der Waals surface area contributed by atoms with Gasteiger partial charge in [-0.05, 0) is 68.4 Å². The van der Waals surface area contributed by atoms with Crippen LogP contribution in [0.3, 0.4) is 0 Å². The average molecular weight is 353 g/mol. The number of likely N-dealkylation sites (tertiary alicyclic amines) is 1. The third-order valence-corrected chi connectivity index (χ3v) is 5.13. The van der Waals surface area contributed by atoms with Gasteiger partial charge in [0.2, 0.25) is 0 Å². The molecule has 1 fully saturated rings. The molecule has 1 saturated heterocycles. The minimum Gasteiger partial charge on any atom is -0.356 e. The van der Waals surface area contributed by atoms with Crippen LogP contribution < -0.4 is 10.6 Å². The predicted molar refractivity (Wildman–Crippen MR) is 102 cm³/mol. The Kier molecular flexibility index (Phi) is 7.85. The molecule has 1 aliphatic rings. The summed E-state index contributed by atoms with van der Waals surface area (Å²) in [4.78, 5) is 6.68. The van der Waals surface area contributed by atoms with Crippen molar-refractivity contribution in [1.29, 1.82) is 0 Å². The van der Waals surface area contributed by atoms with Gasteiger partial charge in [-0.15, -0.1) is 0 Å². The van der Waals surface area contributed by atoms with Crippen molar-refractivity contribution in [2.45, 2.75) is 25.1 Å². The molecule has 6 heteroatoms. The second kappa shape index (κ2) is 9.89. The number of aliphatic imine (C=N–C) groups is 1. The lowest BCUT2D eigenvalue weighted by Crippen LogP contribution is -2.42. The summed E-state index contributed by atoms with van der Waals surface area (Å²) in [6.07, 6.45) is 4.50. The van der Waals surface area contributed by atoms with Crippen molar-refractivity contribution in [2.75, 3.05) is 40.0 Å². The smallest absolute Gasteiger partial charge is 0.191 e. The molecule has 1 heterocycles. The molecule has 1 aromatic carbocycles. The van der Waals surface area contributed by atoms with E-state index in [-0.39, 0.29) is 5.82 Å².